The van der Waals surface area contributed by atoms with Gasteiger partial charge in [0.05, 0.1) is 0 Å². The molecule has 0 saturated carbocycles. The fourth-order valence-electron chi connectivity index (χ4n) is 1.84. The van der Waals surface area contributed by atoms with Gasteiger partial charge >= 0.3 is 17.4 Å². The second-order valence-electron chi connectivity index (χ2n) is 4.12. The van der Waals surface area contributed by atoms with Crippen LogP contribution >= 0.6 is 0 Å². The number of hydrogen-bond acceptors (Lipinski definition) is 5. The van der Waals surface area contributed by atoms with Crippen LogP contribution in [0.1, 0.15) is 34.6 Å². The molecule has 0 unspecified atom stereocenters. The molecule has 7 heteroatoms. The highest BCUT2D eigenvalue weighted by atomic mass is 28.4. The summed E-state index contributed by atoms with van der Waals surface area (Å²) in [7, 11) is -5.10. The van der Waals surface area contributed by atoms with Crippen LogP contribution in [0.4, 0.5) is 0 Å². The largest absolute Gasteiger partial charge is 0.529 e. The van der Waals surface area contributed by atoms with Crippen LogP contribution in [0.25, 0.3) is 0 Å². The van der Waals surface area contributed by atoms with Crippen LogP contribution in [0.2, 0.25) is 6.55 Å². The van der Waals surface area contributed by atoms with Crippen molar-refractivity contribution in [1.82, 2.24) is 0 Å². The second-order valence-corrected chi connectivity index (χ2v) is 9.47. The van der Waals surface area contributed by atoms with E-state index in [1.807, 2.05) is 52.6 Å². The van der Waals surface area contributed by atoms with Crippen LogP contribution in [-0.2, 0) is 22.1 Å². The Balaban J connectivity index is 5.10. The molecule has 120 valence electrons. The van der Waals surface area contributed by atoms with Crippen LogP contribution in [0.5, 0.6) is 0 Å². The van der Waals surface area contributed by atoms with Gasteiger partial charge in [0.2, 0.25) is 0 Å². The van der Waals surface area contributed by atoms with Crippen molar-refractivity contribution in [1.29, 1.82) is 0 Å². The first-order valence-electron chi connectivity index (χ1n) is 7.41. The molecule has 0 radical (unpaired) electrons. The fourth-order valence-corrected chi connectivity index (χ4v) is 7.03. The third kappa shape index (κ3) is 7.12. The van der Waals surface area contributed by atoms with Crippen LogP contribution < -0.4 is 0 Å². The van der Waals surface area contributed by atoms with Gasteiger partial charge in [-0.1, -0.05) is 0 Å². The van der Waals surface area contributed by atoms with Crippen molar-refractivity contribution in [2.45, 2.75) is 41.2 Å². The maximum absolute atomic E-state index is 5.79. The summed E-state index contributed by atoms with van der Waals surface area (Å²) in [6, 6.07) is 0. The third-order valence-corrected chi connectivity index (χ3v) is 7.97. The van der Waals surface area contributed by atoms with Crippen molar-refractivity contribution >= 4 is 17.4 Å². The Morgan fingerprint density at radius 1 is 0.600 bits per heavy atom. The molecule has 0 aliphatic carbocycles. The maximum atomic E-state index is 5.79. The highest BCUT2D eigenvalue weighted by Crippen LogP contribution is 2.16. The minimum Gasteiger partial charge on any atom is -0.392 e. The molecule has 0 aliphatic heterocycles. The van der Waals surface area contributed by atoms with Gasteiger partial charge in [-0.15, -0.1) is 0 Å². The Morgan fingerprint density at radius 2 is 0.950 bits per heavy atom. The summed E-state index contributed by atoms with van der Waals surface area (Å²) < 4.78 is 28.9. The number of rotatable bonds is 12. The van der Waals surface area contributed by atoms with Crippen molar-refractivity contribution in [3.05, 3.63) is 11.4 Å². The average molecular weight is 323 g/mol. The summed E-state index contributed by atoms with van der Waals surface area (Å²) in [6.07, 6.45) is 0. The molecule has 0 aromatic heterocycles. The first-order chi connectivity index (χ1) is 9.51. The van der Waals surface area contributed by atoms with E-state index < -0.39 is 17.4 Å². The lowest BCUT2D eigenvalue weighted by atomic mass is 10.9. The Kier molecular flexibility index (Phi) is 10.7. The van der Waals surface area contributed by atoms with E-state index in [-0.39, 0.29) is 0 Å². The van der Waals surface area contributed by atoms with E-state index in [2.05, 4.69) is 0 Å². The smallest absolute Gasteiger partial charge is 0.392 e. The standard InChI is InChI=1S/C13H30O5Si2/c1-7-14-19(6,15-8-2)12-13-20(16-9-3,17-10-4)18-11-5/h12-13H,7-11H2,1-6H3/b13-12+. The minimum absolute atomic E-state index is 0.554. The van der Waals surface area contributed by atoms with Crippen molar-refractivity contribution in [3.8, 4) is 0 Å². The van der Waals surface area contributed by atoms with E-state index in [0.29, 0.717) is 33.0 Å². The van der Waals surface area contributed by atoms with E-state index in [1.54, 1.807) is 0 Å². The zero-order chi connectivity index (χ0) is 15.5. The van der Waals surface area contributed by atoms with Crippen LogP contribution in [0.15, 0.2) is 11.4 Å². The lowest BCUT2D eigenvalue weighted by Crippen LogP contribution is -2.46. The average Bonchev–Trinajstić information content (AvgIpc) is 2.38. The number of hydrogen-bond donors (Lipinski definition) is 0. The maximum Gasteiger partial charge on any atom is 0.529 e. The van der Waals surface area contributed by atoms with Crippen molar-refractivity contribution < 1.29 is 22.1 Å². The molecule has 0 rings (SSSR count). The summed E-state index contributed by atoms with van der Waals surface area (Å²) in [5.41, 5.74) is 3.90. The predicted octanol–water partition coefficient (Wildman–Crippen LogP) is 2.81. The van der Waals surface area contributed by atoms with Gasteiger partial charge in [-0.2, -0.15) is 0 Å². The first-order valence-corrected chi connectivity index (χ1v) is 11.6. The van der Waals surface area contributed by atoms with Gasteiger partial charge < -0.3 is 22.1 Å². The lowest BCUT2D eigenvalue weighted by molar-refractivity contribution is 0.0841. The van der Waals surface area contributed by atoms with Gasteiger partial charge in [0.1, 0.15) is 0 Å². The van der Waals surface area contributed by atoms with Crippen molar-refractivity contribution in [3.63, 3.8) is 0 Å². The molecule has 0 spiro atoms. The molecule has 0 bridgehead atoms. The molecular weight excluding hydrogens is 292 g/mol. The van der Waals surface area contributed by atoms with Gasteiger partial charge in [-0.3, -0.25) is 0 Å². The predicted molar refractivity (Wildman–Crippen MR) is 84.6 cm³/mol. The molecule has 0 heterocycles. The van der Waals surface area contributed by atoms with Crippen LogP contribution in [0, 0.1) is 0 Å². The van der Waals surface area contributed by atoms with Gasteiger partial charge in [0.25, 0.3) is 0 Å². The molecule has 0 fully saturated rings. The van der Waals surface area contributed by atoms with E-state index in [1.165, 1.54) is 0 Å². The van der Waals surface area contributed by atoms with E-state index >= 15 is 0 Å². The van der Waals surface area contributed by atoms with Crippen molar-refractivity contribution in [2.75, 3.05) is 33.0 Å². The summed E-state index contributed by atoms with van der Waals surface area (Å²) in [5, 5.41) is 0. The van der Waals surface area contributed by atoms with Gasteiger partial charge in [-0.05, 0) is 52.6 Å². The van der Waals surface area contributed by atoms with Gasteiger partial charge in [0.15, 0.2) is 0 Å². The summed E-state index contributed by atoms with van der Waals surface area (Å²) in [6.45, 7) is 14.7. The molecule has 0 saturated heterocycles. The van der Waals surface area contributed by atoms with E-state index in [9.17, 15) is 0 Å². The monoisotopic (exact) mass is 322 g/mol. The van der Waals surface area contributed by atoms with Crippen molar-refractivity contribution in [2.24, 2.45) is 0 Å². The Hall–Kier alpha value is -0.0262. The normalized spacial score (nSPS) is 13.3. The fraction of sp³-hybridized carbons (Fsp3) is 0.846. The van der Waals surface area contributed by atoms with E-state index in [0.717, 1.165) is 0 Å². The Bertz CT molecular complexity index is 250. The van der Waals surface area contributed by atoms with Gasteiger partial charge in [0, 0.05) is 33.0 Å². The third-order valence-electron chi connectivity index (χ3n) is 2.49. The SMILES string of the molecule is CCO[Si](C)(/C=C/[Si](OCC)(OCC)OCC)OCC. The van der Waals surface area contributed by atoms with Gasteiger partial charge in [-0.25, -0.2) is 0 Å². The summed E-state index contributed by atoms with van der Waals surface area (Å²) in [5.74, 6) is 0. The molecule has 0 aromatic rings. The molecule has 0 N–H and O–H groups in total. The zero-order valence-electron chi connectivity index (χ0n) is 13.7. The Labute approximate surface area is 125 Å². The molecule has 0 atom stereocenters. The quantitative estimate of drug-likeness (QED) is 0.517. The highest BCUT2D eigenvalue weighted by Gasteiger charge is 2.40. The molecule has 5 nitrogen and oxygen atoms in total. The lowest BCUT2D eigenvalue weighted by Gasteiger charge is -2.27. The Morgan fingerprint density at radius 3 is 1.25 bits per heavy atom. The molecule has 0 aromatic carbocycles. The first kappa shape index (κ1) is 20.0. The van der Waals surface area contributed by atoms with E-state index in [4.69, 9.17) is 22.1 Å². The second kappa shape index (κ2) is 10.7. The highest BCUT2D eigenvalue weighted by molar-refractivity contribution is 6.75. The molecule has 0 amide bonds. The van der Waals surface area contributed by atoms with Crippen LogP contribution in [0.3, 0.4) is 0 Å². The zero-order valence-corrected chi connectivity index (χ0v) is 15.7. The summed E-state index contributed by atoms with van der Waals surface area (Å²) in [4.78, 5) is 0. The molecular formula is C13H30O5Si2. The molecule has 0 aliphatic rings. The molecule has 20 heavy (non-hydrogen) atoms. The topological polar surface area (TPSA) is 46.2 Å². The van der Waals surface area contributed by atoms with Crippen LogP contribution in [-0.4, -0.2) is 50.4 Å². The summed E-state index contributed by atoms with van der Waals surface area (Å²) >= 11 is 0. The minimum atomic E-state index is -2.77.